The molecule has 2 atom stereocenters. The lowest BCUT2D eigenvalue weighted by Gasteiger charge is -2.29. The standard InChI is InChI=1S/C8H16N2O/c11-8-3-4-9-5-7(8)10-6-1-2-6/h6-11H,1-5H2/t7-,8-/m0/s1. The molecule has 2 fully saturated rings. The first-order chi connectivity index (χ1) is 5.36. The van der Waals surface area contributed by atoms with E-state index in [1.54, 1.807) is 0 Å². The molecule has 64 valence electrons. The SMILES string of the molecule is O[C@H]1CCNC[C@@H]1NC1CC1. The molecule has 3 nitrogen and oxygen atoms in total. The summed E-state index contributed by atoms with van der Waals surface area (Å²) in [6.07, 6.45) is 3.36. The first kappa shape index (κ1) is 7.53. The molecule has 1 aliphatic carbocycles. The Morgan fingerprint density at radius 2 is 2.09 bits per heavy atom. The van der Waals surface area contributed by atoms with Crippen molar-refractivity contribution in [1.82, 2.24) is 10.6 Å². The molecular weight excluding hydrogens is 140 g/mol. The third kappa shape index (κ3) is 1.92. The summed E-state index contributed by atoms with van der Waals surface area (Å²) in [5.74, 6) is 0. The van der Waals surface area contributed by atoms with Crippen LogP contribution in [-0.2, 0) is 0 Å². The zero-order chi connectivity index (χ0) is 7.68. The van der Waals surface area contributed by atoms with Crippen LogP contribution in [0.1, 0.15) is 19.3 Å². The Hall–Kier alpha value is -0.120. The first-order valence-electron chi connectivity index (χ1n) is 4.51. The van der Waals surface area contributed by atoms with Crippen LogP contribution >= 0.6 is 0 Å². The maximum atomic E-state index is 9.54. The summed E-state index contributed by atoms with van der Waals surface area (Å²) in [5, 5.41) is 16.2. The van der Waals surface area contributed by atoms with Crippen molar-refractivity contribution in [2.75, 3.05) is 13.1 Å². The normalized spacial score (nSPS) is 39.0. The van der Waals surface area contributed by atoms with Crippen molar-refractivity contribution in [2.45, 2.75) is 37.5 Å². The lowest BCUT2D eigenvalue weighted by Crippen LogP contribution is -2.52. The smallest absolute Gasteiger partial charge is 0.0717 e. The van der Waals surface area contributed by atoms with Crippen LogP contribution in [0.3, 0.4) is 0 Å². The van der Waals surface area contributed by atoms with Crippen molar-refractivity contribution >= 4 is 0 Å². The van der Waals surface area contributed by atoms with Gasteiger partial charge in [0, 0.05) is 18.6 Å². The molecule has 0 aromatic carbocycles. The second-order valence-corrected chi connectivity index (χ2v) is 3.61. The molecule has 1 aliphatic heterocycles. The van der Waals surface area contributed by atoms with E-state index in [1.807, 2.05) is 0 Å². The molecule has 0 amide bonds. The summed E-state index contributed by atoms with van der Waals surface area (Å²) < 4.78 is 0. The molecule has 0 spiro atoms. The first-order valence-corrected chi connectivity index (χ1v) is 4.51. The number of piperidine rings is 1. The summed E-state index contributed by atoms with van der Waals surface area (Å²) in [6, 6.07) is 1.01. The average molecular weight is 156 g/mol. The topological polar surface area (TPSA) is 44.3 Å². The summed E-state index contributed by atoms with van der Waals surface area (Å²) in [4.78, 5) is 0. The summed E-state index contributed by atoms with van der Waals surface area (Å²) in [6.45, 7) is 1.89. The van der Waals surface area contributed by atoms with Crippen molar-refractivity contribution in [3.8, 4) is 0 Å². The largest absolute Gasteiger partial charge is 0.391 e. The number of aliphatic hydroxyl groups is 1. The molecule has 0 bridgehead atoms. The summed E-state index contributed by atoms with van der Waals surface area (Å²) >= 11 is 0. The molecule has 1 saturated carbocycles. The van der Waals surface area contributed by atoms with Gasteiger partial charge in [-0.05, 0) is 25.8 Å². The summed E-state index contributed by atoms with van der Waals surface area (Å²) in [5.41, 5.74) is 0. The number of hydrogen-bond acceptors (Lipinski definition) is 3. The Morgan fingerprint density at radius 3 is 2.73 bits per heavy atom. The minimum absolute atomic E-state index is 0.128. The monoisotopic (exact) mass is 156 g/mol. The van der Waals surface area contributed by atoms with E-state index in [-0.39, 0.29) is 6.10 Å². The van der Waals surface area contributed by atoms with Crippen LogP contribution in [0, 0.1) is 0 Å². The molecule has 0 radical (unpaired) electrons. The Bertz CT molecular complexity index is 136. The van der Waals surface area contributed by atoms with Gasteiger partial charge in [0.1, 0.15) is 0 Å². The molecule has 2 rings (SSSR count). The molecule has 3 N–H and O–H groups in total. The summed E-state index contributed by atoms with van der Waals surface area (Å²) in [7, 11) is 0. The van der Waals surface area contributed by atoms with E-state index in [9.17, 15) is 5.11 Å². The maximum Gasteiger partial charge on any atom is 0.0717 e. The van der Waals surface area contributed by atoms with Gasteiger partial charge in [0.25, 0.3) is 0 Å². The van der Waals surface area contributed by atoms with E-state index in [0.29, 0.717) is 12.1 Å². The van der Waals surface area contributed by atoms with Gasteiger partial charge in [-0.25, -0.2) is 0 Å². The molecule has 2 aliphatic rings. The van der Waals surface area contributed by atoms with Crippen molar-refractivity contribution in [3.63, 3.8) is 0 Å². The number of rotatable bonds is 2. The minimum Gasteiger partial charge on any atom is -0.391 e. The molecule has 11 heavy (non-hydrogen) atoms. The fraction of sp³-hybridized carbons (Fsp3) is 1.00. The fourth-order valence-electron chi connectivity index (χ4n) is 1.57. The van der Waals surface area contributed by atoms with Crippen LogP contribution in [0.4, 0.5) is 0 Å². The molecule has 1 saturated heterocycles. The molecule has 3 heteroatoms. The Morgan fingerprint density at radius 1 is 1.27 bits per heavy atom. The zero-order valence-electron chi connectivity index (χ0n) is 6.71. The van der Waals surface area contributed by atoms with E-state index in [4.69, 9.17) is 0 Å². The number of nitrogens with one attached hydrogen (secondary N) is 2. The van der Waals surface area contributed by atoms with Crippen LogP contribution in [0.15, 0.2) is 0 Å². The van der Waals surface area contributed by atoms with Gasteiger partial charge in [0.05, 0.1) is 6.10 Å². The van der Waals surface area contributed by atoms with E-state index in [0.717, 1.165) is 19.5 Å². The van der Waals surface area contributed by atoms with Crippen LogP contribution in [0.5, 0.6) is 0 Å². The Kier molecular flexibility index (Phi) is 2.11. The quantitative estimate of drug-likeness (QED) is 0.503. The molecule has 0 aromatic heterocycles. The van der Waals surface area contributed by atoms with Gasteiger partial charge in [0.15, 0.2) is 0 Å². The van der Waals surface area contributed by atoms with Gasteiger partial charge in [0.2, 0.25) is 0 Å². The van der Waals surface area contributed by atoms with Gasteiger partial charge in [-0.2, -0.15) is 0 Å². The molecule has 0 aromatic rings. The van der Waals surface area contributed by atoms with Gasteiger partial charge in [-0.1, -0.05) is 0 Å². The third-order valence-electron chi connectivity index (χ3n) is 2.47. The van der Waals surface area contributed by atoms with Crippen LogP contribution in [-0.4, -0.2) is 36.4 Å². The second kappa shape index (κ2) is 3.09. The average Bonchev–Trinajstić information content (AvgIpc) is 2.78. The van der Waals surface area contributed by atoms with Crippen LogP contribution < -0.4 is 10.6 Å². The lowest BCUT2D eigenvalue weighted by molar-refractivity contribution is 0.0984. The van der Waals surface area contributed by atoms with E-state index in [1.165, 1.54) is 12.8 Å². The Balaban J connectivity index is 1.78. The zero-order valence-corrected chi connectivity index (χ0v) is 6.71. The highest BCUT2D eigenvalue weighted by molar-refractivity contribution is 4.90. The number of aliphatic hydroxyl groups excluding tert-OH is 1. The van der Waals surface area contributed by atoms with Gasteiger partial charge in [-0.3, -0.25) is 0 Å². The van der Waals surface area contributed by atoms with E-state index in [2.05, 4.69) is 10.6 Å². The van der Waals surface area contributed by atoms with Gasteiger partial charge >= 0.3 is 0 Å². The number of hydrogen-bond donors (Lipinski definition) is 3. The Labute approximate surface area is 67.2 Å². The predicted octanol–water partition coefficient (Wildman–Crippen LogP) is -0.539. The lowest BCUT2D eigenvalue weighted by atomic mass is 10.0. The fourth-order valence-corrected chi connectivity index (χ4v) is 1.57. The van der Waals surface area contributed by atoms with Crippen LogP contribution in [0.2, 0.25) is 0 Å². The highest BCUT2D eigenvalue weighted by Gasteiger charge is 2.29. The van der Waals surface area contributed by atoms with Crippen molar-refractivity contribution in [1.29, 1.82) is 0 Å². The highest BCUT2D eigenvalue weighted by atomic mass is 16.3. The minimum atomic E-state index is -0.128. The van der Waals surface area contributed by atoms with Gasteiger partial charge in [-0.15, -0.1) is 0 Å². The van der Waals surface area contributed by atoms with E-state index < -0.39 is 0 Å². The predicted molar refractivity (Wildman–Crippen MR) is 43.4 cm³/mol. The molecular formula is C8H16N2O. The second-order valence-electron chi connectivity index (χ2n) is 3.61. The van der Waals surface area contributed by atoms with Gasteiger partial charge < -0.3 is 15.7 Å². The van der Waals surface area contributed by atoms with Crippen LogP contribution in [0.25, 0.3) is 0 Å². The van der Waals surface area contributed by atoms with E-state index >= 15 is 0 Å². The third-order valence-corrected chi connectivity index (χ3v) is 2.47. The highest BCUT2D eigenvalue weighted by Crippen LogP contribution is 2.20. The maximum absolute atomic E-state index is 9.54. The van der Waals surface area contributed by atoms with Crippen molar-refractivity contribution in [3.05, 3.63) is 0 Å². The molecule has 1 heterocycles. The molecule has 0 unspecified atom stereocenters. The van der Waals surface area contributed by atoms with Crippen molar-refractivity contribution < 1.29 is 5.11 Å². The van der Waals surface area contributed by atoms with Crippen molar-refractivity contribution in [2.24, 2.45) is 0 Å².